The summed E-state index contributed by atoms with van der Waals surface area (Å²) >= 11 is 1.90. The molecule has 1 amide bonds. The Morgan fingerprint density at radius 1 is 1.22 bits per heavy atom. The first-order chi connectivity index (χ1) is 8.50. The minimum atomic E-state index is -0.0884. The fourth-order valence-corrected chi connectivity index (χ4v) is 2.90. The van der Waals surface area contributed by atoms with E-state index < -0.39 is 0 Å². The Labute approximate surface area is 117 Å². The predicted octanol–water partition coefficient (Wildman–Crippen LogP) is 2.75. The van der Waals surface area contributed by atoms with E-state index in [1.54, 1.807) is 0 Å². The summed E-state index contributed by atoms with van der Waals surface area (Å²) in [5.41, 5.74) is 0. The molecule has 1 N–H and O–H groups in total. The maximum Gasteiger partial charge on any atom is 0.239 e. The van der Waals surface area contributed by atoms with Crippen LogP contribution in [0.3, 0.4) is 0 Å². The molecule has 0 spiro atoms. The molecule has 4 heteroatoms. The summed E-state index contributed by atoms with van der Waals surface area (Å²) in [7, 11) is 0. The molecular weight excluding hydrogens is 244 g/mol. The van der Waals surface area contributed by atoms with E-state index in [-0.39, 0.29) is 16.7 Å². The molecule has 0 bridgehead atoms. The first-order valence-electron chi connectivity index (χ1n) is 7.07. The summed E-state index contributed by atoms with van der Waals surface area (Å²) in [6.45, 7) is 12.9. The van der Waals surface area contributed by atoms with Crippen LogP contribution in [0.5, 0.6) is 0 Å². The van der Waals surface area contributed by atoms with Crippen molar-refractivity contribution in [3.8, 4) is 0 Å². The van der Waals surface area contributed by atoms with Crippen LogP contribution >= 0.6 is 11.8 Å². The SMILES string of the molecule is CCN(CC)C(=O)C(C)NCC(CC)(CC)SC. The van der Waals surface area contributed by atoms with Gasteiger partial charge in [0.05, 0.1) is 6.04 Å². The summed E-state index contributed by atoms with van der Waals surface area (Å²) in [6, 6.07) is -0.0884. The quantitative estimate of drug-likeness (QED) is 0.702. The minimum Gasteiger partial charge on any atom is -0.342 e. The number of nitrogens with zero attached hydrogens (tertiary/aromatic N) is 1. The number of hydrogen-bond donors (Lipinski definition) is 1. The summed E-state index contributed by atoms with van der Waals surface area (Å²) in [5, 5.41) is 3.41. The number of carbonyl (C=O) groups excluding carboxylic acids is 1. The van der Waals surface area contributed by atoms with Crippen LogP contribution in [-0.2, 0) is 4.79 Å². The third-order valence-corrected chi connectivity index (χ3v) is 5.49. The fraction of sp³-hybridized carbons (Fsp3) is 0.929. The van der Waals surface area contributed by atoms with E-state index in [4.69, 9.17) is 0 Å². The molecule has 0 saturated carbocycles. The van der Waals surface area contributed by atoms with Crippen LogP contribution in [0.1, 0.15) is 47.5 Å². The molecule has 108 valence electrons. The molecule has 0 aliphatic carbocycles. The lowest BCUT2D eigenvalue weighted by Gasteiger charge is -2.32. The third kappa shape index (κ3) is 4.81. The maximum atomic E-state index is 12.1. The van der Waals surface area contributed by atoms with Gasteiger partial charge in [0, 0.05) is 24.4 Å². The molecule has 0 aromatic rings. The molecule has 0 radical (unpaired) electrons. The van der Waals surface area contributed by atoms with Crippen molar-refractivity contribution in [2.24, 2.45) is 0 Å². The average molecular weight is 274 g/mol. The Balaban J connectivity index is 4.39. The Kier molecular flexibility index (Phi) is 8.70. The number of nitrogens with one attached hydrogen (secondary N) is 1. The van der Waals surface area contributed by atoms with Crippen LogP contribution in [0.15, 0.2) is 0 Å². The second-order valence-electron chi connectivity index (χ2n) is 4.71. The molecule has 0 heterocycles. The molecule has 3 nitrogen and oxygen atoms in total. The molecule has 1 atom stereocenters. The van der Waals surface area contributed by atoms with Gasteiger partial charge in [0.2, 0.25) is 5.91 Å². The summed E-state index contributed by atoms with van der Waals surface area (Å²) in [5.74, 6) is 0.210. The third-order valence-electron chi connectivity index (χ3n) is 3.90. The van der Waals surface area contributed by atoms with Crippen LogP contribution in [-0.4, -0.2) is 47.5 Å². The van der Waals surface area contributed by atoms with Crippen LogP contribution in [0.25, 0.3) is 0 Å². The van der Waals surface area contributed by atoms with Gasteiger partial charge in [-0.3, -0.25) is 4.79 Å². The highest BCUT2D eigenvalue weighted by molar-refractivity contribution is 8.00. The molecule has 1 unspecified atom stereocenters. The molecular formula is C14H30N2OS. The Bertz CT molecular complexity index is 230. The number of thioether (sulfide) groups is 1. The number of carbonyl (C=O) groups is 1. The molecule has 0 aliphatic rings. The highest BCUT2D eigenvalue weighted by atomic mass is 32.2. The van der Waals surface area contributed by atoms with Crippen molar-refractivity contribution < 1.29 is 4.79 Å². The molecule has 0 saturated heterocycles. The van der Waals surface area contributed by atoms with Gasteiger partial charge >= 0.3 is 0 Å². The predicted molar refractivity (Wildman–Crippen MR) is 82.2 cm³/mol. The zero-order valence-corrected chi connectivity index (χ0v) is 13.7. The molecule has 0 rings (SSSR count). The van der Waals surface area contributed by atoms with Crippen LogP contribution < -0.4 is 5.32 Å². The van der Waals surface area contributed by atoms with Gasteiger partial charge in [-0.1, -0.05) is 13.8 Å². The van der Waals surface area contributed by atoms with E-state index in [1.807, 2.05) is 37.4 Å². The van der Waals surface area contributed by atoms with Crippen LogP contribution in [0.2, 0.25) is 0 Å². The number of amides is 1. The van der Waals surface area contributed by atoms with E-state index in [1.165, 1.54) is 0 Å². The van der Waals surface area contributed by atoms with Gasteiger partial charge in [0.25, 0.3) is 0 Å². The zero-order chi connectivity index (χ0) is 14.2. The minimum absolute atomic E-state index is 0.0884. The highest BCUT2D eigenvalue weighted by Crippen LogP contribution is 2.29. The van der Waals surface area contributed by atoms with E-state index in [9.17, 15) is 4.79 Å². The molecule has 0 fully saturated rings. The van der Waals surface area contributed by atoms with Gasteiger partial charge in [-0.15, -0.1) is 0 Å². The van der Waals surface area contributed by atoms with Gasteiger partial charge in [0.15, 0.2) is 0 Å². The topological polar surface area (TPSA) is 32.3 Å². The lowest BCUT2D eigenvalue weighted by molar-refractivity contribution is -0.132. The van der Waals surface area contributed by atoms with E-state index in [2.05, 4.69) is 25.4 Å². The second-order valence-corrected chi connectivity index (χ2v) is 5.98. The summed E-state index contributed by atoms with van der Waals surface area (Å²) in [4.78, 5) is 14.0. The number of likely N-dealkylation sites (N-methyl/N-ethyl adjacent to an activating group) is 1. The lowest BCUT2D eigenvalue weighted by atomic mass is 10.0. The van der Waals surface area contributed by atoms with Crippen molar-refractivity contribution >= 4 is 17.7 Å². The Hall–Kier alpha value is -0.220. The van der Waals surface area contributed by atoms with Crippen molar-refractivity contribution in [3.05, 3.63) is 0 Å². The van der Waals surface area contributed by atoms with Gasteiger partial charge in [-0.25, -0.2) is 0 Å². The maximum absolute atomic E-state index is 12.1. The Morgan fingerprint density at radius 3 is 2.06 bits per heavy atom. The van der Waals surface area contributed by atoms with E-state index >= 15 is 0 Å². The molecule has 0 aromatic heterocycles. The normalized spacial score (nSPS) is 13.4. The van der Waals surface area contributed by atoms with Crippen molar-refractivity contribution in [1.82, 2.24) is 10.2 Å². The second kappa shape index (κ2) is 8.81. The van der Waals surface area contributed by atoms with Gasteiger partial charge in [-0.2, -0.15) is 11.8 Å². The average Bonchev–Trinajstić information content (AvgIpc) is 2.41. The molecule has 0 aliphatic heterocycles. The van der Waals surface area contributed by atoms with Crippen molar-refractivity contribution in [1.29, 1.82) is 0 Å². The smallest absolute Gasteiger partial charge is 0.239 e. The standard InChI is InChI=1S/C14H30N2OS/c1-7-14(8-2,18-6)11-15-12(5)13(17)16(9-3)10-4/h12,15H,7-11H2,1-6H3. The summed E-state index contributed by atoms with van der Waals surface area (Å²) < 4.78 is 0.262. The van der Waals surface area contributed by atoms with Crippen LogP contribution in [0.4, 0.5) is 0 Å². The summed E-state index contributed by atoms with van der Waals surface area (Å²) in [6.07, 6.45) is 4.42. The lowest BCUT2D eigenvalue weighted by Crippen LogP contribution is -2.49. The molecule has 18 heavy (non-hydrogen) atoms. The van der Waals surface area contributed by atoms with Gasteiger partial charge < -0.3 is 10.2 Å². The van der Waals surface area contributed by atoms with Crippen molar-refractivity contribution in [2.45, 2.75) is 58.2 Å². The number of hydrogen-bond acceptors (Lipinski definition) is 3. The van der Waals surface area contributed by atoms with Crippen LogP contribution in [0, 0.1) is 0 Å². The zero-order valence-electron chi connectivity index (χ0n) is 12.9. The highest BCUT2D eigenvalue weighted by Gasteiger charge is 2.27. The van der Waals surface area contributed by atoms with E-state index in [0.717, 1.165) is 32.5 Å². The van der Waals surface area contributed by atoms with E-state index in [0.29, 0.717) is 0 Å². The fourth-order valence-electron chi connectivity index (χ4n) is 2.10. The largest absolute Gasteiger partial charge is 0.342 e. The molecule has 0 aromatic carbocycles. The first-order valence-corrected chi connectivity index (χ1v) is 8.29. The van der Waals surface area contributed by atoms with Crippen molar-refractivity contribution in [2.75, 3.05) is 25.9 Å². The van der Waals surface area contributed by atoms with Gasteiger partial charge in [0.1, 0.15) is 0 Å². The van der Waals surface area contributed by atoms with Crippen molar-refractivity contribution in [3.63, 3.8) is 0 Å². The monoisotopic (exact) mass is 274 g/mol. The first kappa shape index (κ1) is 17.8. The van der Waals surface area contributed by atoms with Gasteiger partial charge in [-0.05, 0) is 39.9 Å². The Morgan fingerprint density at radius 2 is 1.72 bits per heavy atom. The number of rotatable bonds is 9.